The maximum atomic E-state index is 9.41. The zero-order chi connectivity index (χ0) is 12.0. The summed E-state index contributed by atoms with van der Waals surface area (Å²) in [6.07, 6.45) is 1.92. The quantitative estimate of drug-likeness (QED) is 0.861. The van der Waals surface area contributed by atoms with Crippen molar-refractivity contribution in [3.63, 3.8) is 0 Å². The van der Waals surface area contributed by atoms with Gasteiger partial charge in [0, 0.05) is 5.69 Å². The van der Waals surface area contributed by atoms with Crippen molar-refractivity contribution in [1.29, 1.82) is 0 Å². The number of rotatable bonds is 3. The number of aliphatic hydroxyl groups excluding tert-OH is 1. The first kappa shape index (κ1) is 10.5. The number of hydrogen-bond donors (Lipinski definition) is 1. The molecule has 0 unspecified atom stereocenters. The molecule has 0 saturated heterocycles. The van der Waals surface area contributed by atoms with E-state index in [1.807, 2.05) is 19.1 Å². The van der Waals surface area contributed by atoms with Crippen LogP contribution in [0.1, 0.15) is 24.4 Å². The van der Waals surface area contributed by atoms with Crippen LogP contribution >= 0.6 is 0 Å². The summed E-state index contributed by atoms with van der Waals surface area (Å²) in [5.41, 5.74) is 1.53. The molecule has 1 aliphatic carbocycles. The van der Waals surface area contributed by atoms with E-state index in [2.05, 4.69) is 10.1 Å². The molecule has 0 atom stereocenters. The van der Waals surface area contributed by atoms with Gasteiger partial charge < -0.3 is 9.84 Å². The van der Waals surface area contributed by atoms with E-state index in [-0.39, 0.29) is 12.0 Å². The van der Waals surface area contributed by atoms with Gasteiger partial charge in [0.05, 0.1) is 19.1 Å². The first-order chi connectivity index (χ1) is 8.20. The average molecular weight is 233 g/mol. The summed E-state index contributed by atoms with van der Waals surface area (Å²) in [6, 6.07) is 3.84. The Morgan fingerprint density at radius 1 is 1.47 bits per heavy atom. The normalized spacial score (nSPS) is 17.4. The lowest BCUT2D eigenvalue weighted by Crippen LogP contribution is -2.14. The van der Waals surface area contributed by atoms with Gasteiger partial charge in [-0.2, -0.15) is 5.10 Å². The largest absolute Gasteiger partial charge is 0.493 e. The Labute approximate surface area is 99.0 Å². The van der Waals surface area contributed by atoms with Crippen LogP contribution < -0.4 is 4.74 Å². The van der Waals surface area contributed by atoms with Crippen molar-refractivity contribution in [2.24, 2.45) is 0 Å². The van der Waals surface area contributed by atoms with Crippen LogP contribution in [0.4, 0.5) is 0 Å². The Morgan fingerprint density at radius 3 is 2.82 bits per heavy atom. The summed E-state index contributed by atoms with van der Waals surface area (Å²) in [4.78, 5) is 4.52. The van der Waals surface area contributed by atoms with Gasteiger partial charge in [-0.05, 0) is 31.9 Å². The van der Waals surface area contributed by atoms with Gasteiger partial charge in [-0.25, -0.2) is 9.50 Å². The molecule has 0 aromatic carbocycles. The van der Waals surface area contributed by atoms with Crippen molar-refractivity contribution in [1.82, 2.24) is 14.6 Å². The fourth-order valence-corrected chi connectivity index (χ4v) is 2.05. The van der Waals surface area contributed by atoms with E-state index in [1.165, 1.54) is 0 Å². The Balaban J connectivity index is 2.21. The number of nitrogens with zero attached hydrogens (tertiary/aromatic N) is 3. The van der Waals surface area contributed by atoms with Crippen molar-refractivity contribution in [3.05, 3.63) is 23.7 Å². The van der Waals surface area contributed by atoms with Gasteiger partial charge >= 0.3 is 0 Å². The van der Waals surface area contributed by atoms with Crippen molar-refractivity contribution in [2.45, 2.75) is 25.2 Å². The molecule has 0 bridgehead atoms. The number of methoxy groups -OCH3 is 1. The number of aromatic nitrogens is 3. The van der Waals surface area contributed by atoms with Gasteiger partial charge in [-0.15, -0.1) is 0 Å². The summed E-state index contributed by atoms with van der Waals surface area (Å²) < 4.78 is 7.06. The standard InChI is InChI=1S/C12H15N3O2/c1-8-3-4-9(17-2)10-13-11(14-15(8)10)12(7-16)5-6-12/h3-4,16H,5-7H2,1-2H3. The summed E-state index contributed by atoms with van der Waals surface area (Å²) in [7, 11) is 1.62. The summed E-state index contributed by atoms with van der Waals surface area (Å²) in [5.74, 6) is 1.44. The van der Waals surface area contributed by atoms with Crippen molar-refractivity contribution in [2.75, 3.05) is 13.7 Å². The molecular formula is C12H15N3O2. The fourth-order valence-electron chi connectivity index (χ4n) is 2.05. The lowest BCUT2D eigenvalue weighted by Gasteiger charge is -2.03. The number of fused-ring (bicyclic) bond motifs is 1. The fraction of sp³-hybridized carbons (Fsp3) is 0.500. The monoisotopic (exact) mass is 233 g/mol. The zero-order valence-electron chi connectivity index (χ0n) is 9.97. The van der Waals surface area contributed by atoms with E-state index in [1.54, 1.807) is 11.6 Å². The van der Waals surface area contributed by atoms with Crippen LogP contribution in [-0.2, 0) is 5.41 Å². The number of ether oxygens (including phenoxy) is 1. The molecule has 0 aliphatic heterocycles. The van der Waals surface area contributed by atoms with Gasteiger partial charge in [-0.3, -0.25) is 0 Å². The van der Waals surface area contributed by atoms with E-state index in [9.17, 15) is 5.11 Å². The molecule has 5 heteroatoms. The third-order valence-electron chi connectivity index (χ3n) is 3.49. The second-order valence-corrected chi connectivity index (χ2v) is 4.65. The number of aliphatic hydroxyl groups is 1. The van der Waals surface area contributed by atoms with Gasteiger partial charge in [0.1, 0.15) is 0 Å². The van der Waals surface area contributed by atoms with Gasteiger partial charge in [0.2, 0.25) is 0 Å². The lowest BCUT2D eigenvalue weighted by atomic mass is 10.1. The first-order valence-electron chi connectivity index (χ1n) is 5.72. The molecule has 2 aromatic heterocycles. The number of hydrogen-bond acceptors (Lipinski definition) is 4. The highest BCUT2D eigenvalue weighted by molar-refractivity contribution is 5.54. The maximum Gasteiger partial charge on any atom is 0.198 e. The van der Waals surface area contributed by atoms with Crippen molar-refractivity contribution < 1.29 is 9.84 Å². The minimum atomic E-state index is -0.205. The molecule has 3 rings (SSSR count). The molecule has 0 spiro atoms. The van der Waals surface area contributed by atoms with Gasteiger partial charge in [-0.1, -0.05) is 0 Å². The third-order valence-corrected chi connectivity index (χ3v) is 3.49. The van der Waals surface area contributed by atoms with E-state index in [0.717, 1.165) is 30.0 Å². The molecule has 17 heavy (non-hydrogen) atoms. The third kappa shape index (κ3) is 1.42. The second kappa shape index (κ2) is 3.43. The molecule has 1 N–H and O–H groups in total. The molecule has 5 nitrogen and oxygen atoms in total. The van der Waals surface area contributed by atoms with Gasteiger partial charge in [0.25, 0.3) is 0 Å². The SMILES string of the molecule is COc1ccc(C)n2nc(C3(CO)CC3)nc12. The van der Waals surface area contributed by atoms with Crippen LogP contribution in [0.2, 0.25) is 0 Å². The Bertz CT molecular complexity index is 572. The van der Waals surface area contributed by atoms with Crippen LogP contribution in [0, 0.1) is 6.92 Å². The van der Waals surface area contributed by atoms with Gasteiger partial charge in [0.15, 0.2) is 17.2 Å². The minimum absolute atomic E-state index is 0.116. The van der Waals surface area contributed by atoms with Crippen molar-refractivity contribution >= 4 is 5.65 Å². The van der Waals surface area contributed by atoms with E-state index < -0.39 is 0 Å². The molecule has 1 fully saturated rings. The molecule has 0 amide bonds. The lowest BCUT2D eigenvalue weighted by molar-refractivity contribution is 0.250. The minimum Gasteiger partial charge on any atom is -0.493 e. The Hall–Kier alpha value is -1.62. The Kier molecular flexibility index (Phi) is 2.13. The first-order valence-corrected chi connectivity index (χ1v) is 5.72. The number of pyridine rings is 1. The van der Waals surface area contributed by atoms with Crippen LogP contribution in [0.15, 0.2) is 12.1 Å². The molecule has 90 valence electrons. The van der Waals surface area contributed by atoms with Crippen LogP contribution in [-0.4, -0.2) is 33.4 Å². The average Bonchev–Trinajstić information content (AvgIpc) is 3.02. The smallest absolute Gasteiger partial charge is 0.198 e. The zero-order valence-corrected chi connectivity index (χ0v) is 9.97. The van der Waals surface area contributed by atoms with Crippen LogP contribution in [0.3, 0.4) is 0 Å². The molecule has 0 radical (unpaired) electrons. The van der Waals surface area contributed by atoms with Crippen LogP contribution in [0.25, 0.3) is 5.65 Å². The molecule has 1 saturated carbocycles. The predicted octanol–water partition coefficient (Wildman–Crippen LogP) is 1.07. The Morgan fingerprint density at radius 2 is 2.24 bits per heavy atom. The number of aryl methyl sites for hydroxylation is 1. The highest BCUT2D eigenvalue weighted by Crippen LogP contribution is 2.46. The summed E-state index contributed by atoms with van der Waals surface area (Å²) in [5, 5.41) is 13.9. The molecule has 2 heterocycles. The van der Waals surface area contributed by atoms with Crippen molar-refractivity contribution in [3.8, 4) is 5.75 Å². The highest BCUT2D eigenvalue weighted by atomic mass is 16.5. The van der Waals surface area contributed by atoms with E-state index >= 15 is 0 Å². The summed E-state index contributed by atoms with van der Waals surface area (Å²) >= 11 is 0. The second-order valence-electron chi connectivity index (χ2n) is 4.65. The molecule has 1 aliphatic rings. The summed E-state index contributed by atoms with van der Waals surface area (Å²) in [6.45, 7) is 2.09. The highest BCUT2D eigenvalue weighted by Gasteiger charge is 2.47. The van der Waals surface area contributed by atoms with E-state index in [4.69, 9.17) is 4.74 Å². The van der Waals surface area contributed by atoms with E-state index in [0.29, 0.717) is 5.75 Å². The van der Waals surface area contributed by atoms with Crippen LogP contribution in [0.5, 0.6) is 5.75 Å². The maximum absolute atomic E-state index is 9.41. The molecular weight excluding hydrogens is 218 g/mol. The molecule has 2 aromatic rings. The topological polar surface area (TPSA) is 59.7 Å². The predicted molar refractivity (Wildman–Crippen MR) is 62.3 cm³/mol.